The molecule has 6 atom stereocenters. The summed E-state index contributed by atoms with van der Waals surface area (Å²) in [5.41, 5.74) is 0. The molecule has 0 heterocycles. The second-order valence-electron chi connectivity index (χ2n) is 23.9. The molecule has 0 radical (unpaired) electrons. The molecule has 0 spiro atoms. The van der Waals surface area contributed by atoms with Crippen molar-refractivity contribution < 1.29 is 80.2 Å². The number of phosphoric acid groups is 2. The molecule has 0 aromatic rings. The van der Waals surface area contributed by atoms with Crippen LogP contribution in [0.3, 0.4) is 0 Å². The Morgan fingerprint density at radius 2 is 0.614 bits per heavy atom. The van der Waals surface area contributed by atoms with Crippen molar-refractivity contribution >= 4 is 39.5 Å². The van der Waals surface area contributed by atoms with Gasteiger partial charge in [-0.2, -0.15) is 0 Å². The highest BCUT2D eigenvalue weighted by Gasteiger charge is 2.30. The average molecular weight is 1230 g/mol. The number of aliphatic hydroxyl groups is 1. The number of hydrogen-bond donors (Lipinski definition) is 3. The summed E-state index contributed by atoms with van der Waals surface area (Å²) in [7, 11) is -9.88. The molecule has 0 aliphatic rings. The van der Waals surface area contributed by atoms with E-state index in [0.717, 1.165) is 115 Å². The van der Waals surface area contributed by atoms with E-state index < -0.39 is 97.5 Å². The van der Waals surface area contributed by atoms with Crippen LogP contribution in [-0.2, 0) is 65.4 Å². The lowest BCUT2D eigenvalue weighted by Crippen LogP contribution is -2.30. The smallest absolute Gasteiger partial charge is 0.462 e. The summed E-state index contributed by atoms with van der Waals surface area (Å²) in [6, 6.07) is 0. The number of ether oxygens (including phenoxy) is 4. The van der Waals surface area contributed by atoms with Gasteiger partial charge in [-0.1, -0.05) is 266 Å². The normalized spacial score (nSPS) is 14.6. The Bertz CT molecular complexity index is 1630. The molecule has 19 heteroatoms. The van der Waals surface area contributed by atoms with Gasteiger partial charge in [-0.25, -0.2) is 9.13 Å². The molecule has 17 nitrogen and oxygen atoms in total. The zero-order valence-electron chi connectivity index (χ0n) is 53.5. The topological polar surface area (TPSA) is 237 Å². The van der Waals surface area contributed by atoms with Gasteiger partial charge in [0.1, 0.15) is 19.3 Å². The van der Waals surface area contributed by atoms with Gasteiger partial charge in [0, 0.05) is 25.7 Å². The molecule has 0 aliphatic carbocycles. The first-order valence-electron chi connectivity index (χ1n) is 33.5. The van der Waals surface area contributed by atoms with Crippen LogP contribution in [0.5, 0.6) is 0 Å². The third-order valence-electron chi connectivity index (χ3n) is 15.1. The van der Waals surface area contributed by atoms with Gasteiger partial charge in [-0.05, 0) is 37.5 Å². The second-order valence-corrected chi connectivity index (χ2v) is 26.8. The zero-order valence-corrected chi connectivity index (χ0v) is 55.3. The first-order valence-corrected chi connectivity index (χ1v) is 36.5. The second kappa shape index (κ2) is 56.6. The summed E-state index contributed by atoms with van der Waals surface area (Å²) in [4.78, 5) is 72.1. The Hall–Kier alpha value is -1.94. The van der Waals surface area contributed by atoms with Crippen LogP contribution >= 0.6 is 15.6 Å². The summed E-state index contributed by atoms with van der Waals surface area (Å²) in [5.74, 6) is -0.591. The molecule has 0 amide bonds. The third kappa shape index (κ3) is 57.6. The number of rotatable bonds is 63. The number of hydrogen-bond acceptors (Lipinski definition) is 15. The predicted molar refractivity (Wildman–Crippen MR) is 331 cm³/mol. The molecular weight excluding hydrogens is 1100 g/mol. The summed E-state index contributed by atoms with van der Waals surface area (Å²) >= 11 is 0. The molecule has 0 rings (SSSR count). The van der Waals surface area contributed by atoms with Crippen molar-refractivity contribution in [3.63, 3.8) is 0 Å². The van der Waals surface area contributed by atoms with E-state index in [0.29, 0.717) is 25.7 Å². The third-order valence-corrected chi connectivity index (χ3v) is 17.0. The minimum Gasteiger partial charge on any atom is -0.462 e. The molecule has 0 saturated carbocycles. The average Bonchev–Trinajstić information content (AvgIpc) is 3.46. The van der Waals surface area contributed by atoms with Crippen molar-refractivity contribution in [2.45, 2.75) is 336 Å². The Morgan fingerprint density at radius 3 is 0.916 bits per heavy atom. The van der Waals surface area contributed by atoms with Gasteiger partial charge in [-0.3, -0.25) is 37.3 Å². The van der Waals surface area contributed by atoms with E-state index in [2.05, 4.69) is 41.5 Å². The molecule has 0 bridgehead atoms. The van der Waals surface area contributed by atoms with Crippen molar-refractivity contribution in [3.8, 4) is 0 Å². The Labute approximate surface area is 505 Å². The maximum Gasteiger partial charge on any atom is 0.472 e. The Kier molecular flexibility index (Phi) is 55.2. The van der Waals surface area contributed by atoms with E-state index in [1.54, 1.807) is 0 Å². The molecule has 83 heavy (non-hydrogen) atoms. The summed E-state index contributed by atoms with van der Waals surface area (Å²) in [6.07, 6.45) is 38.9. The molecule has 3 N–H and O–H groups in total. The van der Waals surface area contributed by atoms with E-state index in [1.807, 2.05) is 0 Å². The molecule has 0 aromatic heterocycles. The van der Waals surface area contributed by atoms with Gasteiger partial charge in [0.15, 0.2) is 12.2 Å². The molecule has 3 unspecified atom stereocenters. The van der Waals surface area contributed by atoms with Gasteiger partial charge in [0.25, 0.3) is 0 Å². The molecule has 0 aromatic carbocycles. The highest BCUT2D eigenvalue weighted by Crippen LogP contribution is 2.45. The standard InChI is InChI=1S/C64H124O17P2/c1-7-10-12-14-16-17-23-30-36-42-48-63(68)80-59(52-74-61(66)46-40-34-26-15-13-11-8-2)54-78-82(70,71)76-50-58(65)51-77-83(72,73)79-55-60(53-75-62(67)47-41-35-29-25-20-21-27-32-38-44-56(4)5)81-64(69)49-43-37-31-24-19-18-22-28-33-39-45-57(6)9-3/h56-60,65H,7-55H2,1-6H3,(H,70,71)(H,72,73)/t57?,58-,59+,60+/m0/s1. The summed E-state index contributed by atoms with van der Waals surface area (Å²) in [5, 5.41) is 10.5. The van der Waals surface area contributed by atoms with Gasteiger partial charge in [-0.15, -0.1) is 0 Å². The van der Waals surface area contributed by atoms with E-state index >= 15 is 0 Å². The van der Waals surface area contributed by atoms with Crippen LogP contribution in [0.1, 0.15) is 318 Å². The lowest BCUT2D eigenvalue weighted by molar-refractivity contribution is -0.161. The van der Waals surface area contributed by atoms with Crippen molar-refractivity contribution in [1.82, 2.24) is 0 Å². The largest absolute Gasteiger partial charge is 0.472 e. The fraction of sp³-hybridized carbons (Fsp3) is 0.938. The quantitative estimate of drug-likeness (QED) is 0.0222. The SMILES string of the molecule is CCCCCCCCCCCCC(=O)O[C@H](COC(=O)CCCCCCCCC)COP(=O)(O)OC[C@H](O)COP(=O)(O)OC[C@@H](COC(=O)CCCCCCCCCCCC(C)C)OC(=O)CCCCCCCCCCCCC(C)CC. The van der Waals surface area contributed by atoms with Crippen LogP contribution in [0.15, 0.2) is 0 Å². The number of carbonyl (C=O) groups excluding carboxylic acids is 4. The van der Waals surface area contributed by atoms with Crippen molar-refractivity contribution in [1.29, 1.82) is 0 Å². The highest BCUT2D eigenvalue weighted by molar-refractivity contribution is 7.47. The lowest BCUT2D eigenvalue weighted by Gasteiger charge is -2.21. The van der Waals surface area contributed by atoms with Crippen LogP contribution in [0.2, 0.25) is 0 Å². The van der Waals surface area contributed by atoms with Gasteiger partial charge in [0.05, 0.1) is 26.4 Å². The maximum absolute atomic E-state index is 13.0. The molecule has 0 aliphatic heterocycles. The van der Waals surface area contributed by atoms with Crippen molar-refractivity contribution in [2.24, 2.45) is 11.8 Å². The molecular formula is C64H124O17P2. The van der Waals surface area contributed by atoms with Crippen LogP contribution in [-0.4, -0.2) is 96.7 Å². The first kappa shape index (κ1) is 81.1. The summed E-state index contributed by atoms with van der Waals surface area (Å²) in [6.45, 7) is 9.46. The minimum absolute atomic E-state index is 0.106. The van der Waals surface area contributed by atoms with E-state index in [1.165, 1.54) is 122 Å². The predicted octanol–water partition coefficient (Wildman–Crippen LogP) is 17.7. The summed E-state index contributed by atoms with van der Waals surface area (Å²) < 4.78 is 67.9. The number of phosphoric ester groups is 2. The van der Waals surface area contributed by atoms with E-state index in [4.69, 9.17) is 37.0 Å². The minimum atomic E-state index is -4.94. The van der Waals surface area contributed by atoms with E-state index in [9.17, 15) is 43.2 Å². The molecule has 0 saturated heterocycles. The lowest BCUT2D eigenvalue weighted by atomic mass is 9.99. The van der Waals surface area contributed by atoms with Crippen molar-refractivity contribution in [3.05, 3.63) is 0 Å². The Morgan fingerprint density at radius 1 is 0.349 bits per heavy atom. The number of aliphatic hydroxyl groups excluding tert-OH is 1. The van der Waals surface area contributed by atoms with Crippen LogP contribution in [0.4, 0.5) is 0 Å². The Balaban J connectivity index is 5.22. The molecule has 492 valence electrons. The van der Waals surface area contributed by atoms with Gasteiger partial charge >= 0.3 is 39.5 Å². The monoisotopic (exact) mass is 1230 g/mol. The van der Waals surface area contributed by atoms with Crippen LogP contribution < -0.4 is 0 Å². The van der Waals surface area contributed by atoms with Gasteiger partial charge < -0.3 is 33.8 Å². The zero-order chi connectivity index (χ0) is 61.5. The number of esters is 4. The van der Waals surface area contributed by atoms with Crippen molar-refractivity contribution in [2.75, 3.05) is 39.6 Å². The van der Waals surface area contributed by atoms with E-state index in [-0.39, 0.29) is 25.7 Å². The van der Waals surface area contributed by atoms with Crippen LogP contribution in [0, 0.1) is 11.8 Å². The van der Waals surface area contributed by atoms with Crippen LogP contribution in [0.25, 0.3) is 0 Å². The molecule has 0 fully saturated rings. The first-order chi connectivity index (χ1) is 39.9. The number of unbranched alkanes of at least 4 members (excludes halogenated alkanes) is 32. The fourth-order valence-corrected chi connectivity index (χ4v) is 11.1. The fourth-order valence-electron chi connectivity index (χ4n) is 9.50. The highest BCUT2D eigenvalue weighted by atomic mass is 31.2. The van der Waals surface area contributed by atoms with Gasteiger partial charge in [0.2, 0.25) is 0 Å². The maximum atomic E-state index is 13.0. The number of carbonyl (C=O) groups is 4.